The minimum Gasteiger partial charge on any atom is -0.481 e. The zero-order valence-corrected chi connectivity index (χ0v) is 31.8. The van der Waals surface area contributed by atoms with E-state index in [4.69, 9.17) is 20.3 Å². The maximum absolute atomic E-state index is 12.4. The molecule has 298 valence electrons. The lowest BCUT2D eigenvalue weighted by molar-refractivity contribution is -0.138. The van der Waals surface area contributed by atoms with Gasteiger partial charge in [-0.2, -0.15) is 0 Å². The average Bonchev–Trinajstić information content (AvgIpc) is 3.07. The molecule has 18 nitrogen and oxygen atoms in total. The van der Waals surface area contributed by atoms with Crippen LogP contribution in [0.25, 0.3) is 0 Å². The molecule has 0 rings (SSSR count). The van der Waals surface area contributed by atoms with Crippen LogP contribution >= 0.6 is 0 Å². The molecule has 0 fully saturated rings. The number of rotatable bonds is 29. The lowest BCUT2D eigenvalue weighted by Gasteiger charge is -2.28. The molecule has 0 aromatic carbocycles. The van der Waals surface area contributed by atoms with Crippen LogP contribution in [0, 0.1) is 5.92 Å². The van der Waals surface area contributed by atoms with Gasteiger partial charge in [-0.1, -0.05) is 10.3 Å². The van der Waals surface area contributed by atoms with Gasteiger partial charge < -0.3 is 57.0 Å². The van der Waals surface area contributed by atoms with E-state index in [0.717, 1.165) is 12.8 Å². The maximum Gasteiger partial charge on any atom is 0.303 e. The van der Waals surface area contributed by atoms with Gasteiger partial charge in [0.1, 0.15) is 25.5 Å². The van der Waals surface area contributed by atoms with E-state index >= 15 is 0 Å². The molecule has 0 aliphatic rings. The number of nitrogens with zero attached hydrogens (tertiary/aromatic N) is 2. The van der Waals surface area contributed by atoms with Gasteiger partial charge in [-0.25, -0.2) is 0 Å². The molecule has 0 aromatic heterocycles. The second-order valence-electron chi connectivity index (χ2n) is 13.8. The van der Waals surface area contributed by atoms with Crippen molar-refractivity contribution in [2.24, 2.45) is 16.2 Å². The number of ether oxygens (including phenoxy) is 1. The van der Waals surface area contributed by atoms with E-state index in [0.29, 0.717) is 63.0 Å². The fourth-order valence-electron chi connectivity index (χ4n) is 4.85. The topological polar surface area (TPSA) is 269 Å². The SMILES string of the molecule is CC(=O)NC(CCC(=O)O)C(=O)NCCCC[C@@H](C=O)NC(=O)COCC(=O)NCCC(CCNC(C)(C)/C(C)=N\O)CCNC(C)(C)/C(C)=N\O. The van der Waals surface area contributed by atoms with Crippen molar-refractivity contribution in [2.75, 3.05) is 39.4 Å². The fourth-order valence-corrected chi connectivity index (χ4v) is 4.85. The molecule has 1 unspecified atom stereocenters. The number of aliphatic carboxylic acids is 1. The summed E-state index contributed by atoms with van der Waals surface area (Å²) in [7, 11) is 0. The second kappa shape index (κ2) is 25.7. The van der Waals surface area contributed by atoms with Crippen LogP contribution in [0.1, 0.15) is 99.8 Å². The Morgan fingerprint density at radius 2 is 1.25 bits per heavy atom. The summed E-state index contributed by atoms with van der Waals surface area (Å²) in [5.74, 6) is -2.80. The number of hydrogen-bond acceptors (Lipinski definition) is 13. The summed E-state index contributed by atoms with van der Waals surface area (Å²) in [6, 6.07) is -1.76. The van der Waals surface area contributed by atoms with E-state index in [1.54, 1.807) is 13.8 Å². The molecule has 4 amide bonds. The molecule has 0 aliphatic heterocycles. The predicted octanol–water partition coefficient (Wildman–Crippen LogP) is 0.682. The first-order valence-corrected chi connectivity index (χ1v) is 17.6. The molecule has 0 bridgehead atoms. The van der Waals surface area contributed by atoms with E-state index < -0.39 is 59.4 Å². The zero-order chi connectivity index (χ0) is 39.7. The highest BCUT2D eigenvalue weighted by atomic mass is 16.5. The summed E-state index contributed by atoms with van der Waals surface area (Å²) in [6.45, 7) is 13.5. The lowest BCUT2D eigenvalue weighted by Crippen LogP contribution is -2.47. The third-order valence-electron chi connectivity index (χ3n) is 8.78. The molecule has 0 saturated heterocycles. The van der Waals surface area contributed by atoms with Gasteiger partial charge in [-0.05, 0) is 105 Å². The maximum atomic E-state index is 12.4. The van der Waals surface area contributed by atoms with Crippen molar-refractivity contribution in [1.29, 1.82) is 0 Å². The van der Waals surface area contributed by atoms with Gasteiger partial charge in [0.05, 0.1) is 28.5 Å². The van der Waals surface area contributed by atoms with Gasteiger partial charge in [0.25, 0.3) is 0 Å². The normalized spacial score (nSPS) is 13.6. The van der Waals surface area contributed by atoms with Crippen LogP contribution in [0.3, 0.4) is 0 Å². The Morgan fingerprint density at radius 1 is 0.712 bits per heavy atom. The van der Waals surface area contributed by atoms with Crippen molar-refractivity contribution in [3.05, 3.63) is 0 Å². The molecular weight excluding hydrogens is 680 g/mol. The van der Waals surface area contributed by atoms with Crippen LogP contribution in [0.15, 0.2) is 10.3 Å². The minimum atomic E-state index is -1.09. The van der Waals surface area contributed by atoms with Gasteiger partial charge in [0.2, 0.25) is 23.6 Å². The summed E-state index contributed by atoms with van der Waals surface area (Å²) < 4.78 is 5.25. The molecule has 0 aromatic rings. The van der Waals surface area contributed by atoms with E-state index in [1.165, 1.54) is 6.92 Å². The highest BCUT2D eigenvalue weighted by Gasteiger charge is 2.24. The van der Waals surface area contributed by atoms with Crippen LogP contribution in [0.5, 0.6) is 0 Å². The first kappa shape index (κ1) is 47.8. The predicted molar refractivity (Wildman–Crippen MR) is 194 cm³/mol. The number of carboxylic acids is 1. The van der Waals surface area contributed by atoms with Crippen LogP contribution < -0.4 is 31.9 Å². The van der Waals surface area contributed by atoms with Crippen molar-refractivity contribution < 1.29 is 49.0 Å². The van der Waals surface area contributed by atoms with Gasteiger partial charge in [0.15, 0.2) is 0 Å². The summed E-state index contributed by atoms with van der Waals surface area (Å²) in [5, 5.41) is 51.0. The largest absolute Gasteiger partial charge is 0.481 e. The number of unbranched alkanes of at least 4 members (excludes halogenated alkanes) is 1. The van der Waals surface area contributed by atoms with Gasteiger partial charge >= 0.3 is 5.97 Å². The fraction of sp³-hybridized carbons (Fsp3) is 0.765. The minimum absolute atomic E-state index is 0.0506. The molecule has 0 aliphatic carbocycles. The Labute approximate surface area is 306 Å². The van der Waals surface area contributed by atoms with Gasteiger partial charge in [-0.15, -0.1) is 0 Å². The summed E-state index contributed by atoms with van der Waals surface area (Å²) in [5.41, 5.74) is 0.119. The number of amides is 4. The smallest absolute Gasteiger partial charge is 0.303 e. The van der Waals surface area contributed by atoms with Crippen LogP contribution in [-0.2, 0) is 33.5 Å². The Bertz CT molecular complexity index is 1170. The average molecular weight is 743 g/mol. The number of oxime groups is 2. The molecule has 0 saturated carbocycles. The molecule has 0 heterocycles. The number of carbonyl (C=O) groups excluding carboxylic acids is 5. The van der Waals surface area contributed by atoms with Gasteiger partial charge in [0, 0.05) is 26.4 Å². The first-order chi connectivity index (χ1) is 24.4. The van der Waals surface area contributed by atoms with E-state index in [1.807, 2.05) is 27.7 Å². The van der Waals surface area contributed by atoms with E-state index in [9.17, 15) is 28.8 Å². The molecule has 9 N–H and O–H groups in total. The Balaban J connectivity index is 4.64. The number of carboxylic acid groups (broad SMARTS) is 1. The Kier molecular flexibility index (Phi) is 23.7. The molecule has 2 atom stereocenters. The van der Waals surface area contributed by atoms with Crippen molar-refractivity contribution in [2.45, 2.75) is 123 Å². The molecule has 0 spiro atoms. The van der Waals surface area contributed by atoms with Gasteiger partial charge in [-0.3, -0.25) is 24.0 Å². The molecule has 52 heavy (non-hydrogen) atoms. The standard InChI is InChI=1S/C34H62N8O10/c1-23(41-50)33(4,5)37-18-14-26(15-19-38-34(6,7)24(2)42-51)13-17-35-29(45)21-52-22-30(46)40-27(20-43)10-8-9-16-36-32(49)28(39-25(3)44)11-12-31(47)48/h20,26-28,37-38,50-51H,8-19,21-22H2,1-7H3,(H,35,45)(H,36,49)(H,39,44)(H,40,46)(H,47,48)/b41-23-,42-24-/t27-,28?/m0/s1. The quantitative estimate of drug-likeness (QED) is 0.0168. The zero-order valence-electron chi connectivity index (χ0n) is 31.8. The summed E-state index contributed by atoms with van der Waals surface area (Å²) >= 11 is 0. The summed E-state index contributed by atoms with van der Waals surface area (Å²) in [6.07, 6.45) is 3.73. The Hall–Kier alpha value is -4.16. The van der Waals surface area contributed by atoms with Crippen molar-refractivity contribution in [3.63, 3.8) is 0 Å². The summed E-state index contributed by atoms with van der Waals surface area (Å²) in [4.78, 5) is 70.7. The second-order valence-corrected chi connectivity index (χ2v) is 13.8. The van der Waals surface area contributed by atoms with Crippen molar-refractivity contribution in [1.82, 2.24) is 31.9 Å². The highest BCUT2D eigenvalue weighted by molar-refractivity contribution is 5.90. The number of nitrogens with one attached hydrogen (secondary N) is 6. The Morgan fingerprint density at radius 3 is 1.75 bits per heavy atom. The monoisotopic (exact) mass is 742 g/mol. The van der Waals surface area contributed by atoms with E-state index in [2.05, 4.69) is 42.2 Å². The third kappa shape index (κ3) is 21.9. The number of aldehydes is 1. The van der Waals surface area contributed by atoms with Crippen LogP contribution in [0.2, 0.25) is 0 Å². The molecule has 18 heteroatoms. The van der Waals surface area contributed by atoms with E-state index in [-0.39, 0.29) is 31.9 Å². The number of carbonyl (C=O) groups is 6. The number of hydrogen-bond donors (Lipinski definition) is 9. The van der Waals surface area contributed by atoms with Crippen molar-refractivity contribution in [3.8, 4) is 0 Å². The first-order valence-electron chi connectivity index (χ1n) is 17.6. The molecular formula is C34H62N8O10. The molecule has 0 radical (unpaired) electrons. The lowest BCUT2D eigenvalue weighted by atomic mass is 9.94. The third-order valence-corrected chi connectivity index (χ3v) is 8.78. The van der Waals surface area contributed by atoms with Crippen LogP contribution in [0.4, 0.5) is 0 Å². The van der Waals surface area contributed by atoms with Crippen molar-refractivity contribution >= 4 is 47.3 Å². The highest BCUT2D eigenvalue weighted by Crippen LogP contribution is 2.15. The van der Waals surface area contributed by atoms with Crippen LogP contribution in [-0.4, -0.2) is 125 Å².